The number of halogens is 2. The van der Waals surface area contributed by atoms with Crippen LogP contribution in [0.3, 0.4) is 0 Å². The van der Waals surface area contributed by atoms with Gasteiger partial charge in [0.25, 0.3) is 5.91 Å². The SMILES string of the molecule is C=CCOc1ccc(Br)cc1/C=C1\SC(=Nc2ccc(Cl)c(C(=O)O)c2)NC1=O. The molecular weight excluding hydrogens is 480 g/mol. The topological polar surface area (TPSA) is 88.0 Å². The van der Waals surface area contributed by atoms with E-state index >= 15 is 0 Å². The van der Waals surface area contributed by atoms with Crippen molar-refractivity contribution in [1.82, 2.24) is 5.32 Å². The van der Waals surface area contributed by atoms with Crippen LogP contribution in [0.1, 0.15) is 15.9 Å². The van der Waals surface area contributed by atoms with Crippen LogP contribution in [0.5, 0.6) is 5.75 Å². The van der Waals surface area contributed by atoms with Crippen molar-refractivity contribution >= 4 is 68.1 Å². The Labute approximate surface area is 184 Å². The number of carbonyl (C=O) groups excluding carboxylic acids is 1. The normalized spacial score (nSPS) is 16.1. The van der Waals surface area contributed by atoms with Crippen molar-refractivity contribution < 1.29 is 19.4 Å². The molecular formula is C20H14BrClN2O4S. The van der Waals surface area contributed by atoms with Gasteiger partial charge in [-0.2, -0.15) is 0 Å². The number of carbonyl (C=O) groups is 2. The van der Waals surface area contributed by atoms with Gasteiger partial charge in [0.05, 0.1) is 21.2 Å². The predicted molar refractivity (Wildman–Crippen MR) is 119 cm³/mol. The first-order chi connectivity index (χ1) is 13.9. The summed E-state index contributed by atoms with van der Waals surface area (Å²) in [6.45, 7) is 3.97. The van der Waals surface area contributed by atoms with Crippen molar-refractivity contribution in [2.75, 3.05) is 6.61 Å². The van der Waals surface area contributed by atoms with E-state index in [1.807, 2.05) is 12.1 Å². The summed E-state index contributed by atoms with van der Waals surface area (Å²) >= 11 is 10.4. The minimum atomic E-state index is -1.15. The standard InChI is InChI=1S/C20H14BrClN2O4S/c1-2-7-28-16-6-3-12(21)8-11(16)9-17-18(25)24-20(29-17)23-13-4-5-15(22)14(10-13)19(26)27/h2-6,8-10H,1,7H2,(H,26,27)(H,23,24,25)/b17-9-. The number of nitrogens with zero attached hydrogens (tertiary/aromatic N) is 1. The molecule has 2 N–H and O–H groups in total. The van der Waals surface area contributed by atoms with E-state index in [4.69, 9.17) is 16.3 Å². The minimum absolute atomic E-state index is 0.0586. The maximum absolute atomic E-state index is 12.4. The summed E-state index contributed by atoms with van der Waals surface area (Å²) in [7, 11) is 0. The minimum Gasteiger partial charge on any atom is -0.489 e. The van der Waals surface area contributed by atoms with Crippen LogP contribution >= 0.6 is 39.3 Å². The monoisotopic (exact) mass is 492 g/mol. The van der Waals surface area contributed by atoms with Crippen LogP contribution < -0.4 is 10.1 Å². The lowest BCUT2D eigenvalue weighted by Gasteiger charge is -2.08. The molecule has 0 saturated carbocycles. The Morgan fingerprint density at radius 2 is 2.14 bits per heavy atom. The molecule has 6 nitrogen and oxygen atoms in total. The highest BCUT2D eigenvalue weighted by molar-refractivity contribution is 9.10. The molecule has 0 unspecified atom stereocenters. The fourth-order valence-electron chi connectivity index (χ4n) is 2.40. The van der Waals surface area contributed by atoms with Crippen molar-refractivity contribution in [2.24, 2.45) is 4.99 Å². The molecule has 1 amide bonds. The average molecular weight is 494 g/mol. The second-order valence-electron chi connectivity index (χ2n) is 5.73. The number of aliphatic imine (C=N–C) groups is 1. The highest BCUT2D eigenvalue weighted by atomic mass is 79.9. The van der Waals surface area contributed by atoms with E-state index in [9.17, 15) is 14.7 Å². The van der Waals surface area contributed by atoms with Crippen LogP contribution in [0.4, 0.5) is 5.69 Å². The van der Waals surface area contributed by atoms with Gasteiger partial charge in [-0.05, 0) is 54.2 Å². The summed E-state index contributed by atoms with van der Waals surface area (Å²) in [5.74, 6) is -0.846. The lowest BCUT2D eigenvalue weighted by atomic mass is 10.2. The number of amides is 1. The Bertz CT molecular complexity index is 1070. The number of hydrogen-bond donors (Lipinski definition) is 2. The fraction of sp³-hybridized carbons (Fsp3) is 0.0500. The van der Waals surface area contributed by atoms with Crippen molar-refractivity contribution in [3.05, 3.63) is 74.6 Å². The summed E-state index contributed by atoms with van der Waals surface area (Å²) in [5, 5.41) is 12.3. The van der Waals surface area contributed by atoms with E-state index in [0.29, 0.717) is 28.1 Å². The first kappa shape index (κ1) is 21.2. The molecule has 0 spiro atoms. The third-order valence-corrected chi connectivity index (χ3v) is 5.41. The lowest BCUT2D eigenvalue weighted by Crippen LogP contribution is -2.19. The molecule has 0 radical (unpaired) electrons. The van der Waals surface area contributed by atoms with Gasteiger partial charge in [0.1, 0.15) is 12.4 Å². The Hall–Kier alpha value is -2.55. The fourth-order valence-corrected chi connectivity index (χ4v) is 3.81. The Kier molecular flexibility index (Phi) is 6.79. The summed E-state index contributed by atoms with van der Waals surface area (Å²) in [6.07, 6.45) is 3.34. The van der Waals surface area contributed by atoms with E-state index in [2.05, 4.69) is 32.8 Å². The number of ether oxygens (including phenoxy) is 1. The van der Waals surface area contributed by atoms with Gasteiger partial charge in [-0.15, -0.1) is 0 Å². The van der Waals surface area contributed by atoms with E-state index in [1.54, 1.807) is 24.3 Å². The number of amidine groups is 1. The van der Waals surface area contributed by atoms with Gasteiger partial charge in [0, 0.05) is 10.0 Å². The van der Waals surface area contributed by atoms with Crippen molar-refractivity contribution in [2.45, 2.75) is 0 Å². The largest absolute Gasteiger partial charge is 0.489 e. The van der Waals surface area contributed by atoms with Crippen LogP contribution in [0.25, 0.3) is 6.08 Å². The smallest absolute Gasteiger partial charge is 0.337 e. The molecule has 3 rings (SSSR count). The molecule has 148 valence electrons. The molecule has 0 aromatic heterocycles. The molecule has 2 aromatic carbocycles. The molecule has 1 aliphatic rings. The third-order valence-electron chi connectivity index (χ3n) is 3.68. The predicted octanol–water partition coefficient (Wildman–Crippen LogP) is 5.26. The average Bonchev–Trinajstić information content (AvgIpc) is 3.01. The number of benzene rings is 2. The zero-order valence-electron chi connectivity index (χ0n) is 14.8. The summed E-state index contributed by atoms with van der Waals surface area (Å²) in [4.78, 5) is 28.3. The Morgan fingerprint density at radius 3 is 2.86 bits per heavy atom. The van der Waals surface area contributed by atoms with Crippen LogP contribution in [0, 0.1) is 0 Å². The van der Waals surface area contributed by atoms with Gasteiger partial charge >= 0.3 is 5.97 Å². The maximum Gasteiger partial charge on any atom is 0.337 e. The number of carboxylic acids is 1. The first-order valence-electron chi connectivity index (χ1n) is 8.23. The highest BCUT2D eigenvalue weighted by Crippen LogP contribution is 2.32. The lowest BCUT2D eigenvalue weighted by molar-refractivity contribution is -0.115. The van der Waals surface area contributed by atoms with Crippen molar-refractivity contribution in [3.63, 3.8) is 0 Å². The van der Waals surface area contributed by atoms with E-state index < -0.39 is 5.97 Å². The number of aromatic carboxylic acids is 1. The van der Waals surface area contributed by atoms with Gasteiger partial charge in [-0.25, -0.2) is 9.79 Å². The van der Waals surface area contributed by atoms with E-state index in [0.717, 1.165) is 21.8 Å². The van der Waals surface area contributed by atoms with Crippen LogP contribution in [-0.4, -0.2) is 28.8 Å². The second-order valence-corrected chi connectivity index (χ2v) is 8.09. The van der Waals surface area contributed by atoms with Crippen molar-refractivity contribution in [1.29, 1.82) is 0 Å². The summed E-state index contributed by atoms with van der Waals surface area (Å²) < 4.78 is 6.48. The number of thioether (sulfide) groups is 1. The molecule has 1 aliphatic heterocycles. The van der Waals surface area contributed by atoms with E-state index in [-0.39, 0.29) is 16.5 Å². The van der Waals surface area contributed by atoms with Gasteiger partial charge in [-0.3, -0.25) is 4.79 Å². The Balaban J connectivity index is 1.88. The van der Waals surface area contributed by atoms with Gasteiger partial charge in [0.2, 0.25) is 0 Å². The van der Waals surface area contributed by atoms with Gasteiger partial charge < -0.3 is 15.2 Å². The molecule has 1 saturated heterocycles. The van der Waals surface area contributed by atoms with Crippen LogP contribution in [-0.2, 0) is 4.79 Å². The molecule has 0 atom stereocenters. The number of nitrogens with one attached hydrogen (secondary N) is 1. The molecule has 0 aliphatic carbocycles. The van der Waals surface area contributed by atoms with Crippen LogP contribution in [0.15, 0.2) is 63.4 Å². The first-order valence-corrected chi connectivity index (χ1v) is 10.2. The molecule has 1 heterocycles. The van der Waals surface area contributed by atoms with Crippen LogP contribution in [0.2, 0.25) is 5.02 Å². The molecule has 2 aromatic rings. The quantitative estimate of drug-likeness (QED) is 0.423. The zero-order chi connectivity index (χ0) is 21.0. The molecule has 9 heteroatoms. The van der Waals surface area contributed by atoms with Gasteiger partial charge in [-0.1, -0.05) is 40.2 Å². The van der Waals surface area contributed by atoms with Gasteiger partial charge in [0.15, 0.2) is 5.17 Å². The zero-order valence-corrected chi connectivity index (χ0v) is 18.0. The summed E-state index contributed by atoms with van der Waals surface area (Å²) in [5.41, 5.74) is 1.03. The molecule has 29 heavy (non-hydrogen) atoms. The molecule has 0 bridgehead atoms. The van der Waals surface area contributed by atoms with Crippen molar-refractivity contribution in [3.8, 4) is 5.75 Å². The third kappa shape index (κ3) is 5.29. The number of rotatable bonds is 6. The maximum atomic E-state index is 12.4. The number of hydrogen-bond acceptors (Lipinski definition) is 5. The number of carboxylic acid groups (broad SMARTS) is 1. The van der Waals surface area contributed by atoms with E-state index in [1.165, 1.54) is 12.1 Å². The second kappa shape index (κ2) is 9.30. The molecule has 1 fully saturated rings. The Morgan fingerprint density at radius 1 is 1.34 bits per heavy atom. The summed E-state index contributed by atoms with van der Waals surface area (Å²) in [6, 6.07) is 9.86. The highest BCUT2D eigenvalue weighted by Gasteiger charge is 2.24.